The van der Waals surface area contributed by atoms with Gasteiger partial charge in [-0.2, -0.15) is 13.2 Å². The molecule has 1 rings (SSSR count). The normalized spacial score (nSPS) is 13.1. The van der Waals surface area contributed by atoms with Crippen LogP contribution < -0.4 is 5.32 Å². The van der Waals surface area contributed by atoms with Crippen molar-refractivity contribution in [1.82, 2.24) is 5.32 Å². The number of hydrogen-bond acceptors (Lipinski definition) is 2. The highest BCUT2D eigenvalue weighted by Gasteiger charge is 2.35. The maximum absolute atomic E-state index is 12.9. The van der Waals surface area contributed by atoms with E-state index in [1.807, 2.05) is 6.92 Å². The molecule has 0 fully saturated rings. The van der Waals surface area contributed by atoms with Crippen LogP contribution in [0.1, 0.15) is 35.7 Å². The SMILES string of the molecule is CCCC(O)CNC(=O)c1ccc(F)cc1C(F)(F)F. The van der Waals surface area contributed by atoms with Gasteiger partial charge in [0.05, 0.1) is 17.2 Å². The largest absolute Gasteiger partial charge is 0.417 e. The minimum Gasteiger partial charge on any atom is -0.391 e. The van der Waals surface area contributed by atoms with Crippen LogP contribution >= 0.6 is 0 Å². The summed E-state index contributed by atoms with van der Waals surface area (Å²) in [7, 11) is 0. The molecule has 7 heteroatoms. The van der Waals surface area contributed by atoms with E-state index in [9.17, 15) is 27.5 Å². The molecule has 3 nitrogen and oxygen atoms in total. The van der Waals surface area contributed by atoms with Crippen LogP contribution in [0.15, 0.2) is 18.2 Å². The van der Waals surface area contributed by atoms with Crippen molar-refractivity contribution in [3.63, 3.8) is 0 Å². The second-order valence-corrected chi connectivity index (χ2v) is 4.34. The van der Waals surface area contributed by atoms with Crippen molar-refractivity contribution in [2.75, 3.05) is 6.54 Å². The smallest absolute Gasteiger partial charge is 0.391 e. The molecule has 0 aliphatic heterocycles. The average molecular weight is 293 g/mol. The van der Waals surface area contributed by atoms with E-state index < -0.39 is 35.1 Å². The molecular formula is C13H15F4NO2. The van der Waals surface area contributed by atoms with E-state index in [-0.39, 0.29) is 12.6 Å². The lowest BCUT2D eigenvalue weighted by Gasteiger charge is -2.14. The van der Waals surface area contributed by atoms with Crippen LogP contribution in [0.2, 0.25) is 0 Å². The Bertz CT molecular complexity index is 474. The molecule has 1 aromatic carbocycles. The van der Waals surface area contributed by atoms with Crippen molar-refractivity contribution in [1.29, 1.82) is 0 Å². The highest BCUT2D eigenvalue weighted by Crippen LogP contribution is 2.32. The molecule has 112 valence electrons. The molecular weight excluding hydrogens is 278 g/mol. The third kappa shape index (κ3) is 4.48. The number of amides is 1. The van der Waals surface area contributed by atoms with Crippen LogP contribution in [0.5, 0.6) is 0 Å². The molecule has 20 heavy (non-hydrogen) atoms. The number of carbonyl (C=O) groups excluding carboxylic acids is 1. The summed E-state index contributed by atoms with van der Waals surface area (Å²) in [5.41, 5.74) is -2.00. The van der Waals surface area contributed by atoms with E-state index in [2.05, 4.69) is 5.32 Å². The number of aliphatic hydroxyl groups excluding tert-OH is 1. The fraction of sp³-hybridized carbons (Fsp3) is 0.462. The van der Waals surface area contributed by atoms with Gasteiger partial charge < -0.3 is 10.4 Å². The number of benzene rings is 1. The summed E-state index contributed by atoms with van der Waals surface area (Å²) in [5, 5.41) is 11.6. The van der Waals surface area contributed by atoms with Crippen molar-refractivity contribution >= 4 is 5.91 Å². The second-order valence-electron chi connectivity index (χ2n) is 4.34. The van der Waals surface area contributed by atoms with E-state index in [4.69, 9.17) is 0 Å². The molecule has 0 radical (unpaired) electrons. The molecule has 0 aliphatic rings. The van der Waals surface area contributed by atoms with Gasteiger partial charge in [-0.3, -0.25) is 4.79 Å². The van der Waals surface area contributed by atoms with Crippen LogP contribution in [0.25, 0.3) is 0 Å². The zero-order valence-corrected chi connectivity index (χ0v) is 10.8. The number of carbonyl (C=O) groups is 1. The Balaban J connectivity index is 2.88. The number of nitrogens with one attached hydrogen (secondary N) is 1. The number of rotatable bonds is 5. The molecule has 0 spiro atoms. The first-order chi connectivity index (χ1) is 9.25. The minimum atomic E-state index is -4.82. The van der Waals surface area contributed by atoms with Gasteiger partial charge in [-0.25, -0.2) is 4.39 Å². The van der Waals surface area contributed by atoms with Crippen molar-refractivity contribution in [3.8, 4) is 0 Å². The van der Waals surface area contributed by atoms with E-state index >= 15 is 0 Å². The number of aliphatic hydroxyl groups is 1. The Hall–Kier alpha value is -1.63. The Morgan fingerprint density at radius 2 is 2.05 bits per heavy atom. The summed E-state index contributed by atoms with van der Waals surface area (Å²) in [6.45, 7) is 1.67. The zero-order valence-electron chi connectivity index (χ0n) is 10.8. The van der Waals surface area contributed by atoms with Crippen LogP contribution in [-0.4, -0.2) is 23.7 Å². The van der Waals surface area contributed by atoms with E-state index in [1.165, 1.54) is 0 Å². The van der Waals surface area contributed by atoms with Crippen molar-refractivity contribution in [2.45, 2.75) is 32.0 Å². The molecule has 0 bridgehead atoms. The summed E-state index contributed by atoms with van der Waals surface area (Å²) in [6.07, 6.45) is -4.53. The summed E-state index contributed by atoms with van der Waals surface area (Å²) in [4.78, 5) is 11.7. The first-order valence-electron chi connectivity index (χ1n) is 6.08. The van der Waals surface area contributed by atoms with Gasteiger partial charge in [0, 0.05) is 6.54 Å². The predicted molar refractivity (Wildman–Crippen MR) is 64.7 cm³/mol. The molecule has 1 amide bonds. The van der Waals surface area contributed by atoms with Crippen LogP contribution in [0.4, 0.5) is 17.6 Å². The predicted octanol–water partition coefficient (Wildman–Crippen LogP) is 2.74. The van der Waals surface area contributed by atoms with E-state index in [1.54, 1.807) is 0 Å². The first-order valence-corrected chi connectivity index (χ1v) is 6.08. The molecule has 0 aliphatic carbocycles. The summed E-state index contributed by atoms with van der Waals surface area (Å²) >= 11 is 0. The third-order valence-electron chi connectivity index (χ3n) is 2.65. The Labute approximate surface area is 113 Å². The molecule has 1 atom stereocenters. The molecule has 1 aromatic rings. The van der Waals surface area contributed by atoms with Gasteiger partial charge in [0.25, 0.3) is 5.91 Å². The summed E-state index contributed by atoms with van der Waals surface area (Å²) in [5.74, 6) is -2.06. The van der Waals surface area contributed by atoms with Crippen molar-refractivity contribution < 1.29 is 27.5 Å². The Morgan fingerprint density at radius 3 is 2.60 bits per heavy atom. The maximum atomic E-state index is 12.9. The number of alkyl halides is 3. The second kappa shape index (κ2) is 6.69. The summed E-state index contributed by atoms with van der Waals surface area (Å²) in [6, 6.07) is 1.84. The van der Waals surface area contributed by atoms with Crippen LogP contribution in [-0.2, 0) is 6.18 Å². The van der Waals surface area contributed by atoms with Gasteiger partial charge >= 0.3 is 6.18 Å². The van der Waals surface area contributed by atoms with Crippen LogP contribution in [0, 0.1) is 5.82 Å². The number of halogens is 4. The lowest BCUT2D eigenvalue weighted by Crippen LogP contribution is -2.33. The average Bonchev–Trinajstić information content (AvgIpc) is 2.35. The lowest BCUT2D eigenvalue weighted by molar-refractivity contribution is -0.138. The van der Waals surface area contributed by atoms with Gasteiger partial charge in [-0.15, -0.1) is 0 Å². The molecule has 1 unspecified atom stereocenters. The van der Waals surface area contributed by atoms with Gasteiger partial charge in [0.15, 0.2) is 0 Å². The van der Waals surface area contributed by atoms with Gasteiger partial charge in [0.1, 0.15) is 5.82 Å². The molecule has 0 saturated heterocycles. The fourth-order valence-corrected chi connectivity index (χ4v) is 1.69. The molecule has 0 saturated carbocycles. The van der Waals surface area contributed by atoms with Gasteiger partial charge in [-0.1, -0.05) is 13.3 Å². The Morgan fingerprint density at radius 1 is 1.40 bits per heavy atom. The monoisotopic (exact) mass is 293 g/mol. The van der Waals surface area contributed by atoms with Gasteiger partial charge in [0.2, 0.25) is 0 Å². The first kappa shape index (κ1) is 16.4. The standard InChI is InChI=1S/C13H15F4NO2/c1-2-3-9(19)7-18-12(20)10-5-4-8(14)6-11(10)13(15,16)17/h4-6,9,19H,2-3,7H2,1H3,(H,18,20). The summed E-state index contributed by atoms with van der Waals surface area (Å²) < 4.78 is 51.0. The highest BCUT2D eigenvalue weighted by atomic mass is 19.4. The van der Waals surface area contributed by atoms with Crippen molar-refractivity contribution in [3.05, 3.63) is 35.1 Å². The quantitative estimate of drug-likeness (QED) is 0.820. The van der Waals surface area contributed by atoms with E-state index in [0.29, 0.717) is 12.8 Å². The molecule has 0 aromatic heterocycles. The van der Waals surface area contributed by atoms with E-state index in [0.717, 1.165) is 12.1 Å². The molecule has 2 N–H and O–H groups in total. The Kier molecular flexibility index (Phi) is 5.50. The minimum absolute atomic E-state index is 0.151. The van der Waals surface area contributed by atoms with Gasteiger partial charge in [-0.05, 0) is 24.6 Å². The van der Waals surface area contributed by atoms with Crippen molar-refractivity contribution in [2.24, 2.45) is 0 Å². The zero-order chi connectivity index (χ0) is 15.3. The number of hydrogen-bond donors (Lipinski definition) is 2. The maximum Gasteiger partial charge on any atom is 0.417 e. The fourth-order valence-electron chi connectivity index (χ4n) is 1.69. The lowest BCUT2D eigenvalue weighted by atomic mass is 10.1. The molecule has 0 heterocycles. The topological polar surface area (TPSA) is 49.3 Å². The third-order valence-corrected chi connectivity index (χ3v) is 2.65. The van der Waals surface area contributed by atoms with Crippen LogP contribution in [0.3, 0.4) is 0 Å². The highest BCUT2D eigenvalue weighted by molar-refractivity contribution is 5.95.